The second-order valence-electron chi connectivity index (χ2n) is 5.34. The first kappa shape index (κ1) is 14.2. The van der Waals surface area contributed by atoms with Gasteiger partial charge in [0.1, 0.15) is 5.69 Å². The molecule has 0 spiro atoms. The van der Waals surface area contributed by atoms with Crippen LogP contribution in [0.1, 0.15) is 29.0 Å². The summed E-state index contributed by atoms with van der Waals surface area (Å²) in [4.78, 5) is 31.7. The number of hydrogen-bond acceptors (Lipinski definition) is 4. The molecule has 0 bridgehead atoms. The molecule has 2 N–H and O–H groups in total. The molecule has 0 unspecified atom stereocenters. The van der Waals surface area contributed by atoms with Crippen LogP contribution >= 0.6 is 0 Å². The summed E-state index contributed by atoms with van der Waals surface area (Å²) in [5, 5.41) is 5.59. The number of carbonyl (C=O) groups is 2. The van der Waals surface area contributed by atoms with Crippen LogP contribution in [0.2, 0.25) is 0 Å². The zero-order chi connectivity index (χ0) is 15.5. The quantitative estimate of drug-likeness (QED) is 0.907. The number of hydrogen-bond donors (Lipinski definition) is 2. The summed E-state index contributed by atoms with van der Waals surface area (Å²) in [6.07, 6.45) is 4.93. The molecule has 0 radical (unpaired) electrons. The Kier molecular flexibility index (Phi) is 3.82. The Morgan fingerprint density at radius 3 is 2.18 bits per heavy atom. The van der Waals surface area contributed by atoms with Crippen molar-refractivity contribution in [3.05, 3.63) is 48.0 Å². The van der Waals surface area contributed by atoms with Crippen LogP contribution in [0.4, 0.5) is 11.4 Å². The number of aryl methyl sites for hydroxylation is 1. The Bertz CT molecular complexity index is 691. The van der Waals surface area contributed by atoms with Crippen molar-refractivity contribution in [2.24, 2.45) is 5.92 Å². The van der Waals surface area contributed by atoms with Gasteiger partial charge in [-0.2, -0.15) is 0 Å². The number of carbonyl (C=O) groups excluding carboxylic acids is 2. The van der Waals surface area contributed by atoms with Gasteiger partial charge in [-0.25, -0.2) is 4.98 Å². The van der Waals surface area contributed by atoms with Gasteiger partial charge in [-0.15, -0.1) is 0 Å². The minimum atomic E-state index is -0.317. The molecule has 22 heavy (non-hydrogen) atoms. The van der Waals surface area contributed by atoms with E-state index in [0.717, 1.165) is 24.2 Å². The summed E-state index contributed by atoms with van der Waals surface area (Å²) in [5.41, 5.74) is 2.38. The lowest BCUT2D eigenvalue weighted by molar-refractivity contribution is -0.117. The molecule has 1 fully saturated rings. The molecule has 1 heterocycles. The molecular formula is C16H16N4O2. The Hall–Kier alpha value is -2.76. The second-order valence-corrected chi connectivity index (χ2v) is 5.34. The lowest BCUT2D eigenvalue weighted by Gasteiger charge is -2.07. The molecule has 1 saturated carbocycles. The lowest BCUT2D eigenvalue weighted by Crippen LogP contribution is -2.15. The molecule has 112 valence electrons. The maximum Gasteiger partial charge on any atom is 0.275 e. The first-order valence-corrected chi connectivity index (χ1v) is 7.13. The number of benzene rings is 1. The van der Waals surface area contributed by atoms with Gasteiger partial charge in [0.25, 0.3) is 5.91 Å². The molecule has 1 aliphatic rings. The summed E-state index contributed by atoms with van der Waals surface area (Å²) < 4.78 is 0. The molecule has 0 atom stereocenters. The third-order valence-electron chi connectivity index (χ3n) is 3.37. The van der Waals surface area contributed by atoms with E-state index in [9.17, 15) is 9.59 Å². The van der Waals surface area contributed by atoms with Crippen LogP contribution in [0.5, 0.6) is 0 Å². The van der Waals surface area contributed by atoms with E-state index in [1.54, 1.807) is 30.5 Å². The van der Waals surface area contributed by atoms with Crippen LogP contribution in [0, 0.1) is 12.8 Å². The van der Waals surface area contributed by atoms with Crippen LogP contribution in [0.15, 0.2) is 36.7 Å². The number of aromatic nitrogens is 2. The number of amides is 2. The van der Waals surface area contributed by atoms with Crippen molar-refractivity contribution in [2.75, 3.05) is 10.6 Å². The molecule has 1 aromatic carbocycles. The normalized spacial score (nSPS) is 13.5. The van der Waals surface area contributed by atoms with Crippen molar-refractivity contribution in [1.29, 1.82) is 0 Å². The van der Waals surface area contributed by atoms with Gasteiger partial charge in [-0.3, -0.25) is 14.6 Å². The highest BCUT2D eigenvalue weighted by molar-refractivity contribution is 6.02. The summed E-state index contributed by atoms with van der Waals surface area (Å²) >= 11 is 0. The van der Waals surface area contributed by atoms with Gasteiger partial charge in [0.05, 0.1) is 11.9 Å². The SMILES string of the molecule is Cc1cnc(C(=O)Nc2ccc(NC(=O)C3CC3)cc2)cn1. The molecule has 3 rings (SSSR count). The van der Waals surface area contributed by atoms with E-state index in [0.29, 0.717) is 5.69 Å². The summed E-state index contributed by atoms with van der Waals surface area (Å²) in [7, 11) is 0. The molecule has 6 nitrogen and oxygen atoms in total. The average molecular weight is 296 g/mol. The van der Waals surface area contributed by atoms with Crippen molar-refractivity contribution in [3.8, 4) is 0 Å². The van der Waals surface area contributed by atoms with Gasteiger partial charge in [-0.1, -0.05) is 0 Å². The molecule has 0 saturated heterocycles. The van der Waals surface area contributed by atoms with Crippen molar-refractivity contribution in [2.45, 2.75) is 19.8 Å². The topological polar surface area (TPSA) is 84.0 Å². The fraction of sp³-hybridized carbons (Fsp3) is 0.250. The largest absolute Gasteiger partial charge is 0.326 e. The molecule has 0 aliphatic heterocycles. The number of nitrogens with zero attached hydrogens (tertiary/aromatic N) is 2. The fourth-order valence-corrected chi connectivity index (χ4v) is 1.93. The average Bonchev–Trinajstić information content (AvgIpc) is 3.34. The van der Waals surface area contributed by atoms with Crippen LogP contribution < -0.4 is 10.6 Å². The molecule has 1 aliphatic carbocycles. The Morgan fingerprint density at radius 2 is 1.64 bits per heavy atom. The molecule has 2 aromatic rings. The maximum absolute atomic E-state index is 12.0. The Labute approximate surface area is 128 Å². The zero-order valence-electron chi connectivity index (χ0n) is 12.2. The first-order valence-electron chi connectivity index (χ1n) is 7.13. The van der Waals surface area contributed by atoms with E-state index in [1.165, 1.54) is 6.20 Å². The van der Waals surface area contributed by atoms with E-state index in [-0.39, 0.29) is 23.4 Å². The maximum atomic E-state index is 12.0. The smallest absolute Gasteiger partial charge is 0.275 e. The number of nitrogens with one attached hydrogen (secondary N) is 2. The van der Waals surface area contributed by atoms with Gasteiger partial charge in [0.15, 0.2) is 0 Å². The predicted octanol–water partition coefficient (Wildman–Crippen LogP) is 2.39. The first-order chi connectivity index (χ1) is 10.6. The highest BCUT2D eigenvalue weighted by Crippen LogP contribution is 2.30. The van der Waals surface area contributed by atoms with Crippen molar-refractivity contribution in [1.82, 2.24) is 9.97 Å². The third-order valence-corrected chi connectivity index (χ3v) is 3.37. The van der Waals surface area contributed by atoms with Gasteiger partial charge >= 0.3 is 0 Å². The monoisotopic (exact) mass is 296 g/mol. The minimum absolute atomic E-state index is 0.0618. The van der Waals surface area contributed by atoms with Crippen molar-refractivity contribution in [3.63, 3.8) is 0 Å². The van der Waals surface area contributed by atoms with E-state index in [4.69, 9.17) is 0 Å². The minimum Gasteiger partial charge on any atom is -0.326 e. The highest BCUT2D eigenvalue weighted by atomic mass is 16.2. The molecular weight excluding hydrogens is 280 g/mol. The molecule has 1 aromatic heterocycles. The van der Waals surface area contributed by atoms with E-state index in [2.05, 4.69) is 20.6 Å². The van der Waals surface area contributed by atoms with Crippen LogP contribution in [0.25, 0.3) is 0 Å². The molecule has 6 heteroatoms. The summed E-state index contributed by atoms with van der Waals surface area (Å²) in [6, 6.07) is 7.00. The Balaban J connectivity index is 1.61. The number of anilines is 2. The zero-order valence-corrected chi connectivity index (χ0v) is 12.2. The fourth-order valence-electron chi connectivity index (χ4n) is 1.93. The van der Waals surface area contributed by atoms with Gasteiger partial charge in [-0.05, 0) is 44.0 Å². The summed E-state index contributed by atoms with van der Waals surface area (Å²) in [5.74, 6) is -0.0894. The van der Waals surface area contributed by atoms with E-state index >= 15 is 0 Å². The third kappa shape index (κ3) is 3.46. The standard InChI is InChI=1S/C16H16N4O2/c1-10-8-18-14(9-17-10)16(22)20-13-6-4-12(5-7-13)19-15(21)11-2-3-11/h4-9,11H,2-3H2,1H3,(H,19,21)(H,20,22). The van der Waals surface area contributed by atoms with E-state index in [1.807, 2.05) is 6.92 Å². The highest BCUT2D eigenvalue weighted by Gasteiger charge is 2.29. The van der Waals surface area contributed by atoms with Crippen LogP contribution in [-0.2, 0) is 4.79 Å². The van der Waals surface area contributed by atoms with Crippen LogP contribution in [0.3, 0.4) is 0 Å². The van der Waals surface area contributed by atoms with Gasteiger partial charge in [0, 0.05) is 23.5 Å². The van der Waals surface area contributed by atoms with Crippen molar-refractivity contribution >= 4 is 23.2 Å². The Morgan fingerprint density at radius 1 is 1.00 bits per heavy atom. The second kappa shape index (κ2) is 5.93. The van der Waals surface area contributed by atoms with E-state index < -0.39 is 0 Å². The van der Waals surface area contributed by atoms with Gasteiger partial charge < -0.3 is 10.6 Å². The lowest BCUT2D eigenvalue weighted by atomic mass is 10.2. The van der Waals surface area contributed by atoms with Crippen molar-refractivity contribution < 1.29 is 9.59 Å². The number of rotatable bonds is 4. The summed E-state index contributed by atoms with van der Waals surface area (Å²) in [6.45, 7) is 1.81. The van der Waals surface area contributed by atoms with Gasteiger partial charge in [0.2, 0.25) is 5.91 Å². The van der Waals surface area contributed by atoms with Crippen LogP contribution in [-0.4, -0.2) is 21.8 Å². The predicted molar refractivity (Wildman–Crippen MR) is 82.5 cm³/mol. The molecule has 2 amide bonds.